The quantitative estimate of drug-likeness (QED) is 0.326. The van der Waals surface area contributed by atoms with Gasteiger partial charge in [-0.3, -0.25) is 4.72 Å². The maximum Gasteiger partial charge on any atom is 0.419 e. The summed E-state index contributed by atoms with van der Waals surface area (Å²) in [6.45, 7) is 2.66. The van der Waals surface area contributed by atoms with Gasteiger partial charge in [0.25, 0.3) is 10.0 Å². The zero-order chi connectivity index (χ0) is 26.3. The van der Waals surface area contributed by atoms with Crippen LogP contribution < -0.4 is 19.5 Å². The predicted molar refractivity (Wildman–Crippen MR) is 135 cm³/mol. The van der Waals surface area contributed by atoms with Crippen LogP contribution in [0.15, 0.2) is 46.7 Å². The van der Waals surface area contributed by atoms with Gasteiger partial charge in [0.2, 0.25) is 0 Å². The van der Waals surface area contributed by atoms with Gasteiger partial charge in [0.05, 0.1) is 28.3 Å². The molecule has 0 aliphatic carbocycles. The van der Waals surface area contributed by atoms with E-state index in [9.17, 15) is 21.6 Å². The third-order valence-corrected chi connectivity index (χ3v) is 9.23. The van der Waals surface area contributed by atoms with E-state index in [2.05, 4.69) is 10.0 Å². The number of rotatable bonds is 7. The molecule has 1 aliphatic rings. The molecule has 0 bridgehead atoms. The molecule has 1 aromatic heterocycles. The third-order valence-electron chi connectivity index (χ3n) is 5.56. The zero-order valence-electron chi connectivity index (χ0n) is 19.0. The summed E-state index contributed by atoms with van der Waals surface area (Å²) in [6, 6.07) is 8.99. The Morgan fingerprint density at radius 1 is 1.11 bits per heavy atom. The lowest BCUT2D eigenvalue weighted by Gasteiger charge is -2.27. The van der Waals surface area contributed by atoms with Crippen molar-refractivity contribution in [2.24, 2.45) is 0 Å². The van der Waals surface area contributed by atoms with Crippen molar-refractivity contribution in [1.82, 2.24) is 5.32 Å². The summed E-state index contributed by atoms with van der Waals surface area (Å²) in [5.74, 6) is -0.0121. The highest BCUT2D eigenvalue weighted by atomic mass is 35.5. The van der Waals surface area contributed by atoms with Gasteiger partial charge >= 0.3 is 6.18 Å². The molecule has 2 heterocycles. The monoisotopic (exact) mass is 580 g/mol. The van der Waals surface area contributed by atoms with Gasteiger partial charge in [-0.25, -0.2) is 8.42 Å². The standard InChI is InChI=1S/C23H21Cl2F3N2O4S2/c1-22(7-8-29-12-22)34-19-10-14(4-5-16(19)23(26,27)28)30-36(31,32)20-11-17(25)21(35-20)15-9-13(24)3-6-18(15)33-2/h3-6,9-11,29-30H,7-8,12H2,1-2H3/t22-/m1/s1. The van der Waals surface area contributed by atoms with Gasteiger partial charge in [-0.05, 0) is 49.9 Å². The number of hydrogen-bond acceptors (Lipinski definition) is 6. The van der Waals surface area contributed by atoms with E-state index in [-0.39, 0.29) is 14.9 Å². The van der Waals surface area contributed by atoms with Crippen molar-refractivity contribution in [2.75, 3.05) is 24.9 Å². The topological polar surface area (TPSA) is 76.7 Å². The Morgan fingerprint density at radius 3 is 2.50 bits per heavy atom. The second kappa shape index (κ2) is 9.94. The minimum absolute atomic E-state index is 0.0843. The third kappa shape index (κ3) is 5.70. The average molecular weight is 581 g/mol. The number of benzene rings is 2. The number of anilines is 1. The highest BCUT2D eigenvalue weighted by Crippen LogP contribution is 2.44. The molecule has 1 fully saturated rings. The Hall–Kier alpha value is -2.18. The molecule has 0 saturated carbocycles. The largest absolute Gasteiger partial charge is 0.496 e. The smallest absolute Gasteiger partial charge is 0.419 e. The number of hydrogen-bond donors (Lipinski definition) is 2. The molecule has 0 spiro atoms. The van der Waals surface area contributed by atoms with Crippen LogP contribution in [0, 0.1) is 0 Å². The summed E-state index contributed by atoms with van der Waals surface area (Å²) >= 11 is 13.3. The van der Waals surface area contributed by atoms with Crippen molar-refractivity contribution in [3.05, 3.63) is 58.1 Å². The van der Waals surface area contributed by atoms with E-state index in [0.29, 0.717) is 40.7 Å². The minimum Gasteiger partial charge on any atom is -0.496 e. The summed E-state index contributed by atoms with van der Waals surface area (Å²) in [7, 11) is -2.74. The van der Waals surface area contributed by atoms with Crippen LogP contribution in [0.1, 0.15) is 18.9 Å². The fraction of sp³-hybridized carbons (Fsp3) is 0.304. The fourth-order valence-electron chi connectivity index (χ4n) is 3.78. The van der Waals surface area contributed by atoms with Crippen LogP contribution in [0.4, 0.5) is 18.9 Å². The highest BCUT2D eigenvalue weighted by molar-refractivity contribution is 7.94. The van der Waals surface area contributed by atoms with Gasteiger partial charge in [0, 0.05) is 29.6 Å². The van der Waals surface area contributed by atoms with E-state index in [1.165, 1.54) is 13.2 Å². The second-order valence-corrected chi connectivity index (χ2v) is 12.2. The van der Waals surface area contributed by atoms with Gasteiger partial charge in [0.1, 0.15) is 21.3 Å². The Balaban J connectivity index is 1.67. The molecular weight excluding hydrogens is 560 g/mol. The first-order chi connectivity index (χ1) is 16.8. The molecule has 194 valence electrons. The molecule has 1 saturated heterocycles. The molecule has 2 N–H and O–H groups in total. The Labute approximate surface area is 220 Å². The number of sulfonamides is 1. The van der Waals surface area contributed by atoms with Gasteiger partial charge in [-0.2, -0.15) is 13.2 Å². The molecule has 0 radical (unpaired) electrons. The van der Waals surface area contributed by atoms with Crippen molar-refractivity contribution in [2.45, 2.75) is 29.3 Å². The van der Waals surface area contributed by atoms with E-state index < -0.39 is 33.1 Å². The van der Waals surface area contributed by atoms with Crippen molar-refractivity contribution in [1.29, 1.82) is 0 Å². The molecule has 13 heteroatoms. The summed E-state index contributed by atoms with van der Waals surface area (Å²) in [5.41, 5.74) is -1.43. The van der Waals surface area contributed by atoms with Crippen molar-refractivity contribution in [3.63, 3.8) is 0 Å². The van der Waals surface area contributed by atoms with Crippen LogP contribution in [-0.4, -0.2) is 34.2 Å². The zero-order valence-corrected chi connectivity index (χ0v) is 22.1. The first-order valence-corrected chi connectivity index (χ1v) is 13.6. The minimum atomic E-state index is -4.68. The van der Waals surface area contributed by atoms with E-state index in [4.69, 9.17) is 32.7 Å². The fourth-order valence-corrected chi connectivity index (χ4v) is 6.83. The maximum atomic E-state index is 13.6. The van der Waals surface area contributed by atoms with E-state index in [0.717, 1.165) is 29.5 Å². The van der Waals surface area contributed by atoms with Crippen LogP contribution >= 0.6 is 34.5 Å². The first kappa shape index (κ1) is 26.9. The van der Waals surface area contributed by atoms with Gasteiger partial charge in [-0.15, -0.1) is 11.3 Å². The summed E-state index contributed by atoms with van der Waals surface area (Å²) in [6.07, 6.45) is -4.18. The number of ether oxygens (including phenoxy) is 2. The lowest BCUT2D eigenvalue weighted by molar-refractivity contribution is -0.139. The van der Waals surface area contributed by atoms with Gasteiger partial charge in [-0.1, -0.05) is 23.2 Å². The lowest BCUT2D eigenvalue weighted by Crippen LogP contribution is -2.35. The summed E-state index contributed by atoms with van der Waals surface area (Å²) in [4.78, 5) is 0.412. The second-order valence-electron chi connectivity index (χ2n) is 8.38. The van der Waals surface area contributed by atoms with E-state index in [1.807, 2.05) is 0 Å². The number of nitrogens with one attached hydrogen (secondary N) is 2. The molecule has 36 heavy (non-hydrogen) atoms. The lowest BCUT2D eigenvalue weighted by atomic mass is 10.1. The van der Waals surface area contributed by atoms with Crippen molar-refractivity contribution >= 4 is 50.2 Å². The highest BCUT2D eigenvalue weighted by Gasteiger charge is 2.38. The van der Waals surface area contributed by atoms with Crippen molar-refractivity contribution in [3.8, 4) is 21.9 Å². The number of halogens is 5. The molecule has 1 atom stereocenters. The molecule has 0 unspecified atom stereocenters. The van der Waals surface area contributed by atoms with Crippen LogP contribution in [0.3, 0.4) is 0 Å². The normalized spacial score (nSPS) is 18.3. The maximum absolute atomic E-state index is 13.6. The molecule has 4 rings (SSSR count). The molecule has 3 aromatic rings. The first-order valence-electron chi connectivity index (χ1n) is 10.6. The molecule has 1 aliphatic heterocycles. The van der Waals surface area contributed by atoms with Gasteiger partial charge in [0.15, 0.2) is 0 Å². The Bertz CT molecular complexity index is 1390. The van der Waals surface area contributed by atoms with Crippen molar-refractivity contribution < 1.29 is 31.1 Å². The SMILES string of the molecule is COc1ccc(Cl)cc1-c1sc(S(=O)(=O)Nc2ccc(C(F)(F)F)c(O[C@]3(C)CCNC3)c2)cc1Cl. The van der Waals surface area contributed by atoms with E-state index >= 15 is 0 Å². The van der Waals surface area contributed by atoms with Gasteiger partial charge < -0.3 is 14.8 Å². The van der Waals surface area contributed by atoms with Crippen LogP contribution in [0.5, 0.6) is 11.5 Å². The van der Waals surface area contributed by atoms with Crippen LogP contribution in [0.25, 0.3) is 10.4 Å². The van der Waals surface area contributed by atoms with Crippen LogP contribution in [0.2, 0.25) is 10.0 Å². The number of methoxy groups -OCH3 is 1. The van der Waals surface area contributed by atoms with E-state index in [1.54, 1.807) is 25.1 Å². The number of alkyl halides is 3. The average Bonchev–Trinajstić information content (AvgIpc) is 3.38. The summed E-state index contributed by atoms with van der Waals surface area (Å²) < 4.78 is 80.4. The number of thiophene rings is 1. The molecule has 0 amide bonds. The molecule has 2 aromatic carbocycles. The Kier molecular flexibility index (Phi) is 7.42. The molecule has 6 nitrogen and oxygen atoms in total. The molecular formula is C23H21Cl2F3N2O4S2. The van der Waals surface area contributed by atoms with Crippen LogP contribution in [-0.2, 0) is 16.2 Å². The summed E-state index contributed by atoms with van der Waals surface area (Å²) in [5, 5.41) is 3.61. The Morgan fingerprint density at radius 2 is 1.86 bits per heavy atom. The predicted octanol–water partition coefficient (Wildman–Crippen LogP) is 6.68.